The molecule has 1 nitrogen and oxygen atoms in total. The second-order valence-corrected chi connectivity index (χ2v) is 20.7. The maximum absolute atomic E-state index is 11.2. The molecule has 0 heterocycles. The number of phenols is 1. The molecule has 1 rings (SSSR count). The molecule has 1 aromatic rings. The van der Waals surface area contributed by atoms with E-state index in [4.69, 9.17) is 0 Å². The highest BCUT2D eigenvalue weighted by atomic mass is 32.2. The van der Waals surface area contributed by atoms with E-state index in [0.29, 0.717) is 5.75 Å². The fourth-order valence-corrected chi connectivity index (χ4v) is 10.1. The molecule has 55 heavy (non-hydrogen) atoms. The lowest BCUT2D eigenvalue weighted by atomic mass is 9.84. The van der Waals surface area contributed by atoms with Crippen LogP contribution in [0.15, 0.2) is 12.1 Å². The Morgan fingerprint density at radius 1 is 0.382 bits per heavy atom. The average molecular weight is 803 g/mol. The predicted octanol–water partition coefficient (Wildman–Crippen LogP) is 19.2. The Hall–Kier alpha value is -0.280. The van der Waals surface area contributed by atoms with Gasteiger partial charge in [-0.05, 0) is 40.9 Å². The summed E-state index contributed by atoms with van der Waals surface area (Å²) in [7, 11) is 0. The zero-order chi connectivity index (χ0) is 39.9. The van der Waals surface area contributed by atoms with Crippen LogP contribution in [0.1, 0.15) is 282 Å². The summed E-state index contributed by atoms with van der Waals surface area (Å²) >= 11 is 4.11. The summed E-state index contributed by atoms with van der Waals surface area (Å²) in [6.07, 6.45) is 51.6. The summed E-state index contributed by atoms with van der Waals surface area (Å²) in [4.78, 5) is 0. The van der Waals surface area contributed by atoms with Gasteiger partial charge < -0.3 is 5.11 Å². The van der Waals surface area contributed by atoms with Gasteiger partial charge in [-0.1, -0.05) is 265 Å². The third kappa shape index (κ3) is 33.3. The largest absolute Gasteiger partial charge is 0.507 e. The zero-order valence-electron chi connectivity index (χ0n) is 38.2. The number of hydrogen-bond acceptors (Lipinski definition) is 3. The van der Waals surface area contributed by atoms with Crippen LogP contribution in [0.5, 0.6) is 5.75 Å². The maximum atomic E-state index is 11.2. The Morgan fingerprint density at radius 2 is 0.655 bits per heavy atom. The maximum Gasteiger partial charge on any atom is 0.123 e. The lowest BCUT2D eigenvalue weighted by Gasteiger charge is -2.23. The molecule has 3 heteroatoms. The molecule has 0 aliphatic rings. The van der Waals surface area contributed by atoms with E-state index in [0.717, 1.165) is 22.6 Å². The molecule has 0 aliphatic carbocycles. The number of phenolic OH excluding ortho intramolecular Hbond substituents is 1. The number of aromatic hydroxyl groups is 1. The van der Waals surface area contributed by atoms with E-state index in [-0.39, 0.29) is 5.41 Å². The average Bonchev–Trinajstić information content (AvgIpc) is 3.16. The SMILES string of the molecule is CCCCCCCCCCCCCCCCCCCCSCc1cc(CSCCCCCCCCCCCCCCCCCCCC)c(O)c(C(C)(C)C)c1. The molecular formula is C52H98OS2. The van der Waals surface area contributed by atoms with Gasteiger partial charge in [0.05, 0.1) is 0 Å². The van der Waals surface area contributed by atoms with Crippen LogP contribution in [0.3, 0.4) is 0 Å². The van der Waals surface area contributed by atoms with Crippen LogP contribution in [0.25, 0.3) is 0 Å². The molecule has 0 saturated heterocycles. The standard InChI is InChI=1S/C52H98OS2/c1-6-8-10-12-14-16-18-20-22-24-26-28-30-32-34-36-38-40-42-54-46-48-44-49(51(53)50(45-48)52(3,4)5)47-55-43-41-39-37-35-33-31-29-27-25-23-21-19-17-15-13-11-9-7-2/h44-45,53H,6-43,46-47H2,1-5H3. The molecule has 0 aliphatic heterocycles. The molecule has 1 N–H and O–H groups in total. The Kier molecular flexibility index (Phi) is 37.6. The Bertz CT molecular complexity index is 936. The summed E-state index contributed by atoms with van der Waals surface area (Å²) in [5.41, 5.74) is 3.65. The van der Waals surface area contributed by atoms with Crippen LogP contribution in [0, 0.1) is 0 Å². The fourth-order valence-electron chi connectivity index (χ4n) is 8.11. The lowest BCUT2D eigenvalue weighted by Crippen LogP contribution is -2.13. The third-order valence-corrected chi connectivity index (χ3v) is 14.1. The summed E-state index contributed by atoms with van der Waals surface area (Å²) in [5, 5.41) is 11.2. The highest BCUT2D eigenvalue weighted by Gasteiger charge is 2.21. The van der Waals surface area contributed by atoms with E-state index in [1.165, 1.54) is 248 Å². The summed E-state index contributed by atoms with van der Waals surface area (Å²) < 4.78 is 0. The van der Waals surface area contributed by atoms with Crippen molar-refractivity contribution in [1.29, 1.82) is 0 Å². The van der Waals surface area contributed by atoms with Gasteiger partial charge in [0.2, 0.25) is 0 Å². The van der Waals surface area contributed by atoms with Crippen molar-refractivity contribution in [2.45, 2.75) is 283 Å². The monoisotopic (exact) mass is 803 g/mol. The highest BCUT2D eigenvalue weighted by molar-refractivity contribution is 7.98. The molecule has 0 fully saturated rings. The van der Waals surface area contributed by atoms with Crippen LogP contribution in [-0.2, 0) is 16.9 Å². The zero-order valence-corrected chi connectivity index (χ0v) is 39.8. The van der Waals surface area contributed by atoms with Gasteiger partial charge in [-0.2, -0.15) is 23.5 Å². The van der Waals surface area contributed by atoms with Crippen LogP contribution < -0.4 is 0 Å². The highest BCUT2D eigenvalue weighted by Crippen LogP contribution is 2.37. The van der Waals surface area contributed by atoms with Gasteiger partial charge in [-0.15, -0.1) is 0 Å². The predicted molar refractivity (Wildman–Crippen MR) is 257 cm³/mol. The van der Waals surface area contributed by atoms with Crippen LogP contribution in [-0.4, -0.2) is 16.6 Å². The van der Waals surface area contributed by atoms with E-state index in [1.807, 2.05) is 11.8 Å². The van der Waals surface area contributed by atoms with E-state index in [9.17, 15) is 5.11 Å². The van der Waals surface area contributed by atoms with Gasteiger partial charge >= 0.3 is 0 Å². The minimum Gasteiger partial charge on any atom is -0.507 e. The van der Waals surface area contributed by atoms with Gasteiger partial charge in [0.15, 0.2) is 0 Å². The lowest BCUT2D eigenvalue weighted by molar-refractivity contribution is 0.442. The van der Waals surface area contributed by atoms with Gasteiger partial charge in [0, 0.05) is 17.1 Å². The third-order valence-electron chi connectivity index (χ3n) is 11.9. The molecule has 1 aromatic carbocycles. The Labute approximate surface area is 355 Å². The summed E-state index contributed by atoms with van der Waals surface area (Å²) in [6, 6.07) is 4.61. The van der Waals surface area contributed by atoms with Gasteiger partial charge in [-0.25, -0.2) is 0 Å². The van der Waals surface area contributed by atoms with E-state index in [2.05, 4.69) is 58.5 Å². The van der Waals surface area contributed by atoms with Crippen molar-refractivity contribution in [3.05, 3.63) is 28.8 Å². The second-order valence-electron chi connectivity index (χ2n) is 18.5. The van der Waals surface area contributed by atoms with Crippen LogP contribution >= 0.6 is 23.5 Å². The first kappa shape index (κ1) is 52.7. The van der Waals surface area contributed by atoms with Gasteiger partial charge in [0.25, 0.3) is 0 Å². The molecule has 0 aromatic heterocycles. The number of thioether (sulfide) groups is 2. The number of hydrogen-bond donors (Lipinski definition) is 1. The van der Waals surface area contributed by atoms with E-state index in [1.54, 1.807) is 0 Å². The summed E-state index contributed by atoms with van der Waals surface area (Å²) in [5.74, 6) is 5.02. The minimum atomic E-state index is -0.0370. The van der Waals surface area contributed by atoms with Crippen molar-refractivity contribution in [3.8, 4) is 5.75 Å². The van der Waals surface area contributed by atoms with Crippen molar-refractivity contribution >= 4 is 23.5 Å². The number of unbranched alkanes of at least 4 members (excludes halogenated alkanes) is 34. The molecule has 324 valence electrons. The van der Waals surface area contributed by atoms with Crippen LogP contribution in [0.2, 0.25) is 0 Å². The van der Waals surface area contributed by atoms with E-state index < -0.39 is 0 Å². The fraction of sp³-hybridized carbons (Fsp3) is 0.885. The number of benzene rings is 1. The van der Waals surface area contributed by atoms with Crippen molar-refractivity contribution in [3.63, 3.8) is 0 Å². The van der Waals surface area contributed by atoms with Crippen molar-refractivity contribution < 1.29 is 5.11 Å². The van der Waals surface area contributed by atoms with Gasteiger partial charge in [-0.3, -0.25) is 0 Å². The molecule has 0 amide bonds. The van der Waals surface area contributed by atoms with E-state index >= 15 is 0 Å². The molecule has 0 spiro atoms. The first-order chi connectivity index (χ1) is 26.9. The topological polar surface area (TPSA) is 20.2 Å². The minimum absolute atomic E-state index is 0.0370. The van der Waals surface area contributed by atoms with Crippen molar-refractivity contribution in [1.82, 2.24) is 0 Å². The summed E-state index contributed by atoms with van der Waals surface area (Å²) in [6.45, 7) is 11.3. The van der Waals surface area contributed by atoms with Crippen molar-refractivity contribution in [2.24, 2.45) is 0 Å². The first-order valence-corrected chi connectivity index (χ1v) is 27.2. The van der Waals surface area contributed by atoms with Crippen molar-refractivity contribution in [2.75, 3.05) is 11.5 Å². The Morgan fingerprint density at radius 3 is 0.945 bits per heavy atom. The normalized spacial score (nSPS) is 11.9. The second kappa shape index (κ2) is 39.2. The molecule has 0 unspecified atom stereocenters. The molecule has 0 radical (unpaired) electrons. The van der Waals surface area contributed by atoms with Crippen LogP contribution in [0.4, 0.5) is 0 Å². The quantitative estimate of drug-likeness (QED) is 0.0665. The first-order valence-electron chi connectivity index (χ1n) is 24.9. The molecule has 0 saturated carbocycles. The molecular weight excluding hydrogens is 705 g/mol. The van der Waals surface area contributed by atoms with Gasteiger partial charge in [0.1, 0.15) is 5.75 Å². The number of rotatable bonds is 42. The molecule has 0 bridgehead atoms. The Balaban J connectivity index is 2.06. The molecule has 0 atom stereocenters. The smallest absolute Gasteiger partial charge is 0.123 e.